The third-order valence-corrected chi connectivity index (χ3v) is 6.15. The molecule has 8 heteroatoms. The molecule has 0 saturated heterocycles. The fraction of sp³-hybridized carbons (Fsp3) is 0.0556. The minimum Gasteiger partial charge on any atom is -0.508 e. The van der Waals surface area contributed by atoms with E-state index in [4.69, 9.17) is 5.14 Å². The van der Waals surface area contributed by atoms with Crippen molar-refractivity contribution < 1.29 is 13.5 Å². The summed E-state index contributed by atoms with van der Waals surface area (Å²) < 4.78 is 23.4. The number of nitrogens with one attached hydrogen (secondary N) is 1. The van der Waals surface area contributed by atoms with Crippen molar-refractivity contribution in [2.24, 2.45) is 5.14 Å². The van der Waals surface area contributed by atoms with Crippen LogP contribution in [-0.4, -0.2) is 18.5 Å². The summed E-state index contributed by atoms with van der Waals surface area (Å²) in [5.74, 6) is 0.118. The molecule has 4 aromatic rings. The third-order valence-electron chi connectivity index (χ3n) is 4.31. The number of sulfonamides is 1. The van der Waals surface area contributed by atoms with Gasteiger partial charge in [0, 0.05) is 28.3 Å². The minimum absolute atomic E-state index is 0.0351. The lowest BCUT2D eigenvalue weighted by molar-refractivity contribution is 0.470. The number of thiophene rings is 1. The maximum absolute atomic E-state index is 12.2. The molecule has 0 saturated carbocycles. The van der Waals surface area contributed by atoms with Gasteiger partial charge in [-0.05, 0) is 41.3 Å². The molecular formula is C18H14N2O4S2. The summed E-state index contributed by atoms with van der Waals surface area (Å²) in [4.78, 5) is 15.0. The van der Waals surface area contributed by atoms with E-state index in [1.54, 1.807) is 24.3 Å². The molecule has 0 bridgehead atoms. The van der Waals surface area contributed by atoms with Crippen LogP contribution in [0.15, 0.2) is 57.5 Å². The minimum atomic E-state index is -3.75. The number of hydrogen-bond acceptors (Lipinski definition) is 5. The van der Waals surface area contributed by atoms with Gasteiger partial charge in [0.1, 0.15) is 10.4 Å². The van der Waals surface area contributed by atoms with Gasteiger partial charge in [0.05, 0.1) is 4.90 Å². The van der Waals surface area contributed by atoms with Crippen LogP contribution in [0, 0.1) is 0 Å². The molecule has 6 nitrogen and oxygen atoms in total. The first-order valence-corrected chi connectivity index (χ1v) is 10.1. The third kappa shape index (κ3) is 2.78. The lowest BCUT2D eigenvalue weighted by atomic mass is 9.97. The zero-order valence-electron chi connectivity index (χ0n) is 13.4. The molecule has 0 unspecified atom stereocenters. The van der Waals surface area contributed by atoms with Gasteiger partial charge < -0.3 is 10.1 Å². The zero-order chi connectivity index (χ0) is 18.5. The van der Waals surface area contributed by atoms with Gasteiger partial charge in [-0.1, -0.05) is 12.1 Å². The van der Waals surface area contributed by atoms with E-state index in [1.807, 2.05) is 11.4 Å². The van der Waals surface area contributed by atoms with Gasteiger partial charge in [-0.15, -0.1) is 11.3 Å². The van der Waals surface area contributed by atoms with Crippen LogP contribution in [-0.2, 0) is 16.4 Å². The van der Waals surface area contributed by atoms with Crippen molar-refractivity contribution in [3.63, 3.8) is 0 Å². The Morgan fingerprint density at radius 3 is 2.50 bits per heavy atom. The molecule has 0 spiro atoms. The summed E-state index contributed by atoms with van der Waals surface area (Å²) in [6, 6.07) is 11.3. The lowest BCUT2D eigenvalue weighted by Gasteiger charge is -2.11. The Hall–Kier alpha value is -2.68. The highest BCUT2D eigenvalue weighted by atomic mass is 32.2. The normalized spacial score (nSPS) is 12.0. The van der Waals surface area contributed by atoms with Crippen molar-refractivity contribution in [1.29, 1.82) is 0 Å². The Kier molecular flexibility index (Phi) is 3.83. The van der Waals surface area contributed by atoms with Crippen molar-refractivity contribution in [1.82, 2.24) is 4.98 Å². The van der Waals surface area contributed by atoms with E-state index >= 15 is 0 Å². The van der Waals surface area contributed by atoms with Crippen molar-refractivity contribution in [2.45, 2.75) is 11.3 Å². The van der Waals surface area contributed by atoms with Gasteiger partial charge in [-0.3, -0.25) is 4.79 Å². The molecule has 4 N–H and O–H groups in total. The molecule has 0 radical (unpaired) electrons. The van der Waals surface area contributed by atoms with E-state index < -0.39 is 10.0 Å². The van der Waals surface area contributed by atoms with E-state index in [9.17, 15) is 18.3 Å². The quantitative estimate of drug-likeness (QED) is 0.502. The van der Waals surface area contributed by atoms with Crippen molar-refractivity contribution in [3.05, 3.63) is 69.3 Å². The number of primary sulfonamides is 1. The van der Waals surface area contributed by atoms with Crippen molar-refractivity contribution >= 4 is 42.3 Å². The topological polar surface area (TPSA) is 113 Å². The summed E-state index contributed by atoms with van der Waals surface area (Å²) >= 11 is 1.35. The molecule has 0 fully saturated rings. The molecular weight excluding hydrogens is 372 g/mol. The maximum Gasteiger partial charge on any atom is 0.266 e. The number of aromatic nitrogens is 1. The number of pyridine rings is 1. The van der Waals surface area contributed by atoms with Gasteiger partial charge in [0.15, 0.2) is 0 Å². The van der Waals surface area contributed by atoms with Crippen molar-refractivity contribution in [3.8, 4) is 5.75 Å². The Labute approximate surface area is 152 Å². The highest BCUT2D eigenvalue weighted by Gasteiger charge is 2.15. The van der Waals surface area contributed by atoms with Gasteiger partial charge in [0.25, 0.3) is 5.56 Å². The molecule has 0 amide bonds. The summed E-state index contributed by atoms with van der Waals surface area (Å²) in [6.45, 7) is 0. The van der Waals surface area contributed by atoms with Crippen LogP contribution >= 0.6 is 11.3 Å². The Bertz CT molecular complexity index is 1300. The van der Waals surface area contributed by atoms with Gasteiger partial charge >= 0.3 is 0 Å². The summed E-state index contributed by atoms with van der Waals surface area (Å²) in [6.07, 6.45) is 0.380. The number of rotatable bonds is 3. The molecule has 132 valence electrons. The first-order chi connectivity index (χ1) is 12.3. The first kappa shape index (κ1) is 16.8. The highest BCUT2D eigenvalue weighted by Crippen LogP contribution is 2.34. The Morgan fingerprint density at radius 2 is 1.81 bits per heavy atom. The van der Waals surface area contributed by atoms with Crippen LogP contribution in [0.25, 0.3) is 21.0 Å². The molecule has 0 aliphatic heterocycles. The van der Waals surface area contributed by atoms with E-state index in [0.29, 0.717) is 22.2 Å². The van der Waals surface area contributed by atoms with Crippen LogP contribution in [0.1, 0.15) is 11.1 Å². The largest absolute Gasteiger partial charge is 0.508 e. The molecule has 2 heterocycles. The second kappa shape index (κ2) is 5.94. The fourth-order valence-corrected chi connectivity index (χ4v) is 4.40. The maximum atomic E-state index is 12.2. The average Bonchev–Trinajstić information content (AvgIpc) is 3.08. The molecule has 26 heavy (non-hydrogen) atoms. The van der Waals surface area contributed by atoms with Crippen LogP contribution in [0.3, 0.4) is 0 Å². The number of fused-ring (bicyclic) bond motifs is 3. The van der Waals surface area contributed by atoms with E-state index in [1.165, 1.54) is 23.5 Å². The summed E-state index contributed by atoms with van der Waals surface area (Å²) in [5, 5.41) is 19.0. The highest BCUT2D eigenvalue weighted by molar-refractivity contribution is 7.89. The van der Waals surface area contributed by atoms with Gasteiger partial charge in [0.2, 0.25) is 10.0 Å². The number of aromatic amines is 1. The molecule has 2 aromatic heterocycles. The number of phenols is 1. The monoisotopic (exact) mass is 386 g/mol. The standard InChI is InChI=1S/C18H14N2O4S2/c19-26(23,24)11-3-1-10(2-4-11)9-13-15(21)6-5-14-16(13)12-7-8-25-17(12)18(22)20-14/h1-8,21H,9H2,(H,20,22)(H2,19,23,24). The molecule has 2 aromatic carbocycles. The van der Waals surface area contributed by atoms with E-state index in [-0.39, 0.29) is 16.2 Å². The molecule has 0 atom stereocenters. The molecule has 4 rings (SSSR count). The zero-order valence-corrected chi connectivity index (χ0v) is 15.0. The number of aromatic hydroxyl groups is 1. The lowest BCUT2D eigenvalue weighted by Crippen LogP contribution is -2.11. The average molecular weight is 386 g/mol. The molecule has 0 aliphatic carbocycles. The smallest absolute Gasteiger partial charge is 0.266 e. The second-order valence-corrected chi connectivity index (χ2v) is 8.45. The van der Waals surface area contributed by atoms with Crippen LogP contribution < -0.4 is 10.7 Å². The second-order valence-electron chi connectivity index (χ2n) is 5.97. The summed E-state index contributed by atoms with van der Waals surface area (Å²) in [7, 11) is -3.75. The fourth-order valence-electron chi connectivity index (χ4n) is 3.09. The van der Waals surface area contributed by atoms with Gasteiger partial charge in [-0.25, -0.2) is 13.6 Å². The van der Waals surface area contributed by atoms with E-state index in [2.05, 4.69) is 4.98 Å². The van der Waals surface area contributed by atoms with Gasteiger partial charge in [-0.2, -0.15) is 0 Å². The Balaban J connectivity index is 1.90. The van der Waals surface area contributed by atoms with E-state index in [0.717, 1.165) is 16.3 Å². The predicted molar refractivity (Wildman–Crippen MR) is 102 cm³/mol. The molecule has 0 aliphatic rings. The number of phenolic OH excluding ortho intramolecular Hbond substituents is 1. The van der Waals surface area contributed by atoms with Crippen molar-refractivity contribution in [2.75, 3.05) is 0 Å². The van der Waals surface area contributed by atoms with Crippen LogP contribution in [0.5, 0.6) is 5.75 Å². The summed E-state index contributed by atoms with van der Waals surface area (Å²) in [5.41, 5.74) is 1.98. The van der Waals surface area contributed by atoms with Crippen LogP contribution in [0.4, 0.5) is 0 Å². The Morgan fingerprint density at radius 1 is 1.08 bits per heavy atom. The number of hydrogen-bond donors (Lipinski definition) is 3. The number of H-pyrrole nitrogens is 1. The first-order valence-electron chi connectivity index (χ1n) is 7.70. The van der Waals surface area contributed by atoms with Crippen LogP contribution in [0.2, 0.25) is 0 Å². The SMILES string of the molecule is NS(=O)(=O)c1ccc(Cc2c(O)ccc3[nH]c(=O)c4sccc4c23)cc1. The predicted octanol–water partition coefficient (Wildman–Crippen LogP) is 2.69. The number of nitrogens with two attached hydrogens (primary N) is 1. The number of benzene rings is 2.